The third-order valence-electron chi connectivity index (χ3n) is 3.29. The number of anilines is 1. The third kappa shape index (κ3) is 2.33. The molecular weight excluding hydrogens is 262 g/mol. The molecule has 6 nitrogen and oxygen atoms in total. The molecule has 1 aliphatic carbocycles. The first-order valence-electron chi connectivity index (χ1n) is 6.17. The molecule has 1 aliphatic rings. The van der Waals surface area contributed by atoms with E-state index in [0.29, 0.717) is 23.8 Å². The zero-order valence-electron chi connectivity index (χ0n) is 10.6. The monoisotopic (exact) mass is 277 g/mol. The fourth-order valence-corrected chi connectivity index (χ4v) is 2.68. The van der Waals surface area contributed by atoms with Gasteiger partial charge in [-0.15, -0.1) is 11.3 Å². The number of nitrogens with two attached hydrogens (primary N) is 1. The lowest BCUT2D eigenvalue weighted by Gasteiger charge is -2.02. The summed E-state index contributed by atoms with van der Waals surface area (Å²) in [6.07, 6.45) is 2.24. The standard InChI is InChI=1S/C12H15N5OS/c1-6-8(19-5-15-6)4-14-12(18)11-9(13)10(16-17-11)7-2-3-7/h5,7H,2-4,13H2,1H3,(H,14,18)(H,16,17). The first kappa shape index (κ1) is 12.2. The normalized spacial score (nSPS) is 14.6. The Labute approximate surface area is 114 Å². The molecule has 0 aliphatic heterocycles. The van der Waals surface area contributed by atoms with E-state index in [1.54, 1.807) is 5.51 Å². The molecule has 0 saturated heterocycles. The van der Waals surface area contributed by atoms with Crippen molar-refractivity contribution in [2.75, 3.05) is 5.73 Å². The summed E-state index contributed by atoms with van der Waals surface area (Å²) in [5.41, 5.74) is 10.4. The molecule has 1 amide bonds. The van der Waals surface area contributed by atoms with E-state index < -0.39 is 0 Å². The van der Waals surface area contributed by atoms with Gasteiger partial charge in [-0.3, -0.25) is 9.89 Å². The molecule has 0 radical (unpaired) electrons. The van der Waals surface area contributed by atoms with Gasteiger partial charge in [-0.05, 0) is 19.8 Å². The Kier molecular flexibility index (Phi) is 2.98. The molecule has 0 atom stereocenters. The van der Waals surface area contributed by atoms with E-state index in [2.05, 4.69) is 20.5 Å². The van der Waals surface area contributed by atoms with E-state index in [-0.39, 0.29) is 5.91 Å². The Hall–Kier alpha value is -1.89. The number of nitrogen functional groups attached to an aromatic ring is 1. The molecule has 3 rings (SSSR count). The minimum absolute atomic E-state index is 0.242. The maximum Gasteiger partial charge on any atom is 0.274 e. The molecule has 1 fully saturated rings. The van der Waals surface area contributed by atoms with Crippen LogP contribution >= 0.6 is 11.3 Å². The fourth-order valence-electron chi connectivity index (χ4n) is 1.96. The van der Waals surface area contributed by atoms with Crippen molar-refractivity contribution < 1.29 is 4.79 Å². The minimum atomic E-state index is -0.242. The zero-order chi connectivity index (χ0) is 13.4. The van der Waals surface area contributed by atoms with Crippen molar-refractivity contribution in [1.82, 2.24) is 20.5 Å². The van der Waals surface area contributed by atoms with Gasteiger partial charge in [0.05, 0.1) is 29.1 Å². The van der Waals surface area contributed by atoms with Crippen molar-refractivity contribution in [1.29, 1.82) is 0 Å². The predicted molar refractivity (Wildman–Crippen MR) is 73.0 cm³/mol. The summed E-state index contributed by atoms with van der Waals surface area (Å²) < 4.78 is 0. The SMILES string of the molecule is Cc1ncsc1CNC(=O)c1n[nH]c(C2CC2)c1N. The molecule has 0 spiro atoms. The number of carbonyl (C=O) groups is 1. The molecule has 4 N–H and O–H groups in total. The molecule has 2 aromatic rings. The van der Waals surface area contributed by atoms with Gasteiger partial charge in [-0.25, -0.2) is 4.98 Å². The van der Waals surface area contributed by atoms with Crippen LogP contribution < -0.4 is 11.1 Å². The Bertz CT molecular complexity index is 613. The summed E-state index contributed by atoms with van der Waals surface area (Å²) in [7, 11) is 0. The van der Waals surface area contributed by atoms with Crippen LogP contribution in [0.2, 0.25) is 0 Å². The van der Waals surface area contributed by atoms with Crippen molar-refractivity contribution in [3.05, 3.63) is 27.5 Å². The van der Waals surface area contributed by atoms with Crippen molar-refractivity contribution in [2.24, 2.45) is 0 Å². The van der Waals surface area contributed by atoms with Gasteiger partial charge in [0.15, 0.2) is 5.69 Å². The summed E-state index contributed by atoms with van der Waals surface area (Å²) in [4.78, 5) is 17.2. The number of nitrogens with zero attached hydrogens (tertiary/aromatic N) is 2. The van der Waals surface area contributed by atoms with Crippen LogP contribution in [0, 0.1) is 6.92 Å². The van der Waals surface area contributed by atoms with Gasteiger partial charge in [0, 0.05) is 10.8 Å². The van der Waals surface area contributed by atoms with Gasteiger partial charge >= 0.3 is 0 Å². The molecule has 0 unspecified atom stereocenters. The molecule has 7 heteroatoms. The second-order valence-corrected chi connectivity index (χ2v) is 5.66. The van der Waals surface area contributed by atoms with E-state index >= 15 is 0 Å². The van der Waals surface area contributed by atoms with Gasteiger partial charge in [0.1, 0.15) is 0 Å². The number of H-pyrrole nitrogens is 1. The maximum atomic E-state index is 12.0. The number of aromatic nitrogens is 3. The van der Waals surface area contributed by atoms with Gasteiger partial charge in [0.2, 0.25) is 0 Å². The molecule has 0 aromatic carbocycles. The number of thiazole rings is 1. The molecule has 100 valence electrons. The number of rotatable bonds is 4. The van der Waals surface area contributed by atoms with Crippen LogP contribution in [0.1, 0.15) is 45.5 Å². The minimum Gasteiger partial charge on any atom is -0.395 e. The van der Waals surface area contributed by atoms with Gasteiger partial charge < -0.3 is 11.1 Å². The van der Waals surface area contributed by atoms with Crippen LogP contribution in [0.5, 0.6) is 0 Å². The van der Waals surface area contributed by atoms with E-state index in [1.165, 1.54) is 11.3 Å². The molecule has 19 heavy (non-hydrogen) atoms. The Morgan fingerprint density at radius 3 is 3.05 bits per heavy atom. The van der Waals surface area contributed by atoms with E-state index in [4.69, 9.17) is 5.73 Å². The number of hydrogen-bond acceptors (Lipinski definition) is 5. The van der Waals surface area contributed by atoms with E-state index in [0.717, 1.165) is 29.1 Å². The maximum absolute atomic E-state index is 12.0. The highest BCUT2D eigenvalue weighted by atomic mass is 32.1. The van der Waals surface area contributed by atoms with Gasteiger partial charge in [-0.2, -0.15) is 5.10 Å². The summed E-state index contributed by atoms with van der Waals surface area (Å²) >= 11 is 1.53. The average molecular weight is 277 g/mol. The van der Waals surface area contributed by atoms with Crippen LogP contribution in [0.4, 0.5) is 5.69 Å². The number of carbonyl (C=O) groups excluding carboxylic acids is 1. The summed E-state index contributed by atoms with van der Waals surface area (Å²) in [6.45, 7) is 2.38. The van der Waals surface area contributed by atoms with Crippen molar-refractivity contribution in [3.8, 4) is 0 Å². The van der Waals surface area contributed by atoms with Crippen molar-refractivity contribution >= 4 is 22.9 Å². The zero-order valence-corrected chi connectivity index (χ0v) is 11.4. The second-order valence-electron chi connectivity index (χ2n) is 4.72. The molecule has 0 bridgehead atoms. The number of amides is 1. The number of aryl methyl sites for hydroxylation is 1. The highest BCUT2D eigenvalue weighted by Gasteiger charge is 2.30. The summed E-state index contributed by atoms with van der Waals surface area (Å²) in [6, 6.07) is 0. The summed E-state index contributed by atoms with van der Waals surface area (Å²) in [5.74, 6) is 0.214. The Morgan fingerprint density at radius 1 is 1.63 bits per heavy atom. The molecule has 2 heterocycles. The Balaban J connectivity index is 1.68. The van der Waals surface area contributed by atoms with Crippen LogP contribution in [0.3, 0.4) is 0 Å². The molecule has 1 saturated carbocycles. The fraction of sp³-hybridized carbons (Fsp3) is 0.417. The topological polar surface area (TPSA) is 96.7 Å². The quantitative estimate of drug-likeness (QED) is 0.790. The average Bonchev–Trinajstić information content (AvgIpc) is 3.04. The van der Waals surface area contributed by atoms with Crippen LogP contribution in [-0.4, -0.2) is 21.1 Å². The van der Waals surface area contributed by atoms with E-state index in [1.807, 2.05) is 6.92 Å². The Morgan fingerprint density at radius 2 is 2.42 bits per heavy atom. The van der Waals surface area contributed by atoms with Gasteiger partial charge in [0.25, 0.3) is 5.91 Å². The molecular formula is C12H15N5OS. The lowest BCUT2D eigenvalue weighted by molar-refractivity contribution is 0.0947. The predicted octanol–water partition coefficient (Wildman–Crippen LogP) is 1.56. The number of aromatic amines is 1. The van der Waals surface area contributed by atoms with Crippen LogP contribution in [-0.2, 0) is 6.54 Å². The lowest BCUT2D eigenvalue weighted by Crippen LogP contribution is -2.24. The number of nitrogens with one attached hydrogen (secondary N) is 2. The van der Waals surface area contributed by atoms with Gasteiger partial charge in [-0.1, -0.05) is 0 Å². The molecule has 2 aromatic heterocycles. The lowest BCUT2D eigenvalue weighted by atomic mass is 10.2. The highest BCUT2D eigenvalue weighted by molar-refractivity contribution is 7.09. The third-order valence-corrected chi connectivity index (χ3v) is 4.22. The smallest absolute Gasteiger partial charge is 0.274 e. The van der Waals surface area contributed by atoms with Crippen molar-refractivity contribution in [2.45, 2.75) is 32.2 Å². The largest absolute Gasteiger partial charge is 0.395 e. The second kappa shape index (κ2) is 4.65. The van der Waals surface area contributed by atoms with Crippen molar-refractivity contribution in [3.63, 3.8) is 0 Å². The first-order valence-corrected chi connectivity index (χ1v) is 7.05. The first-order chi connectivity index (χ1) is 9.16. The summed E-state index contributed by atoms with van der Waals surface area (Å²) in [5, 5.41) is 9.73. The van der Waals surface area contributed by atoms with Crippen LogP contribution in [0.15, 0.2) is 5.51 Å². The van der Waals surface area contributed by atoms with E-state index in [9.17, 15) is 4.79 Å². The highest BCUT2D eigenvalue weighted by Crippen LogP contribution is 2.42. The van der Waals surface area contributed by atoms with Crippen LogP contribution in [0.25, 0.3) is 0 Å². The number of hydrogen-bond donors (Lipinski definition) is 3.